The van der Waals surface area contributed by atoms with E-state index in [4.69, 9.17) is 21.4 Å². The van der Waals surface area contributed by atoms with Gasteiger partial charge in [-0.1, -0.05) is 18.5 Å². The highest BCUT2D eigenvalue weighted by molar-refractivity contribution is 6.31. The van der Waals surface area contributed by atoms with Crippen LogP contribution in [0.1, 0.15) is 36.5 Å². The molecule has 7 heteroatoms. The molecule has 6 nitrogen and oxygen atoms in total. The van der Waals surface area contributed by atoms with E-state index in [1.165, 1.54) is 13.2 Å². The normalized spacial score (nSPS) is 11.6. The first-order valence-corrected chi connectivity index (χ1v) is 7.15. The molecular weight excluding hydrogens is 310 g/mol. The fraction of sp³-hybridized carbons (Fsp3) is 0.400. The molecule has 0 spiro atoms. The topological polar surface area (TPSA) is 92.7 Å². The molecule has 0 aromatic heterocycles. The van der Waals surface area contributed by atoms with Crippen molar-refractivity contribution in [1.82, 2.24) is 5.32 Å². The lowest BCUT2D eigenvalue weighted by atomic mass is 10.0. The maximum Gasteiger partial charge on any atom is 0.326 e. The Morgan fingerprint density at radius 3 is 2.55 bits per heavy atom. The third kappa shape index (κ3) is 5.04. The van der Waals surface area contributed by atoms with Gasteiger partial charge in [0.05, 0.1) is 12.7 Å². The molecule has 0 saturated heterocycles. The maximum atomic E-state index is 12.1. The van der Waals surface area contributed by atoms with E-state index in [1.54, 1.807) is 19.1 Å². The number of amides is 1. The summed E-state index contributed by atoms with van der Waals surface area (Å²) in [7, 11) is 1.44. The van der Waals surface area contributed by atoms with E-state index in [2.05, 4.69) is 5.32 Å². The van der Waals surface area contributed by atoms with Gasteiger partial charge in [0.2, 0.25) is 5.91 Å². The number of halogens is 1. The number of ketones is 1. The molecular formula is C15H18ClNO5. The number of carbonyl (C=O) groups excluding carboxylic acids is 2. The van der Waals surface area contributed by atoms with Gasteiger partial charge in [-0.25, -0.2) is 4.79 Å². The number of hydrogen-bond donors (Lipinski definition) is 2. The number of carbonyl (C=O) groups is 3. The number of carboxylic acids is 1. The first-order valence-electron chi connectivity index (χ1n) is 6.78. The third-order valence-corrected chi connectivity index (χ3v) is 3.32. The Bertz CT molecular complexity index is 573. The zero-order valence-electron chi connectivity index (χ0n) is 12.4. The molecule has 1 atom stereocenters. The fourth-order valence-electron chi connectivity index (χ4n) is 1.86. The molecule has 1 rings (SSSR count). The second-order valence-electron chi connectivity index (χ2n) is 4.63. The molecule has 1 unspecified atom stereocenters. The lowest BCUT2D eigenvalue weighted by molar-refractivity contribution is -0.141. The van der Waals surface area contributed by atoms with Gasteiger partial charge in [-0.05, 0) is 24.6 Å². The van der Waals surface area contributed by atoms with Crippen LogP contribution in [0.25, 0.3) is 0 Å². The van der Waals surface area contributed by atoms with Crippen LogP contribution in [0.3, 0.4) is 0 Å². The van der Waals surface area contributed by atoms with Crippen molar-refractivity contribution in [2.45, 2.75) is 32.2 Å². The molecule has 0 aliphatic heterocycles. The highest BCUT2D eigenvalue weighted by Crippen LogP contribution is 2.24. The van der Waals surface area contributed by atoms with Gasteiger partial charge in [0.1, 0.15) is 11.8 Å². The molecule has 1 aromatic rings. The number of rotatable bonds is 8. The van der Waals surface area contributed by atoms with E-state index in [9.17, 15) is 14.4 Å². The van der Waals surface area contributed by atoms with Gasteiger partial charge in [-0.3, -0.25) is 9.59 Å². The first-order chi connectivity index (χ1) is 10.4. The van der Waals surface area contributed by atoms with Gasteiger partial charge in [-0.15, -0.1) is 0 Å². The van der Waals surface area contributed by atoms with E-state index in [-0.39, 0.29) is 25.0 Å². The standard InChI is InChI=1S/C15H18ClNO5/c1-3-11(15(20)21)17-14(19)7-5-12(18)10-8-9(16)4-6-13(10)22-2/h4,6,8,11H,3,5,7H2,1-2H3,(H,17,19)(H,20,21). The van der Waals surface area contributed by atoms with Crippen molar-refractivity contribution in [3.8, 4) is 5.75 Å². The molecule has 120 valence electrons. The summed E-state index contributed by atoms with van der Waals surface area (Å²) in [6.45, 7) is 1.65. The second kappa shape index (κ2) is 8.38. The molecule has 0 radical (unpaired) electrons. The quantitative estimate of drug-likeness (QED) is 0.715. The van der Waals surface area contributed by atoms with Gasteiger partial charge in [0.25, 0.3) is 0 Å². The Morgan fingerprint density at radius 2 is 2.00 bits per heavy atom. The predicted molar refractivity (Wildman–Crippen MR) is 81.4 cm³/mol. The minimum absolute atomic E-state index is 0.0570. The van der Waals surface area contributed by atoms with Crippen LogP contribution in [0.15, 0.2) is 18.2 Å². The van der Waals surface area contributed by atoms with E-state index in [0.29, 0.717) is 16.3 Å². The van der Waals surface area contributed by atoms with Crippen LogP contribution >= 0.6 is 11.6 Å². The summed E-state index contributed by atoms with van der Waals surface area (Å²) in [6, 6.07) is 3.71. The fourth-order valence-corrected chi connectivity index (χ4v) is 2.04. The van der Waals surface area contributed by atoms with Crippen LogP contribution in [-0.2, 0) is 9.59 Å². The van der Waals surface area contributed by atoms with E-state index in [0.717, 1.165) is 0 Å². The van der Waals surface area contributed by atoms with Crippen LogP contribution in [0.2, 0.25) is 5.02 Å². The zero-order chi connectivity index (χ0) is 16.7. The monoisotopic (exact) mass is 327 g/mol. The SMILES string of the molecule is CCC(NC(=O)CCC(=O)c1cc(Cl)ccc1OC)C(=O)O. The minimum atomic E-state index is -1.10. The van der Waals surface area contributed by atoms with Gasteiger partial charge < -0.3 is 15.2 Å². The van der Waals surface area contributed by atoms with Crippen LogP contribution in [0.5, 0.6) is 5.75 Å². The molecule has 1 amide bonds. The molecule has 0 saturated carbocycles. The Hall–Kier alpha value is -2.08. The Kier molecular flexibility index (Phi) is 6.85. The first kappa shape index (κ1) is 18.0. The number of hydrogen-bond acceptors (Lipinski definition) is 4. The highest BCUT2D eigenvalue weighted by Gasteiger charge is 2.19. The number of Topliss-reactive ketones (excluding diaryl/α,β-unsaturated/α-hetero) is 1. The summed E-state index contributed by atoms with van der Waals surface area (Å²) >= 11 is 5.85. The predicted octanol–water partition coefficient (Wildman–Crippen LogP) is 2.29. The summed E-state index contributed by atoms with van der Waals surface area (Å²) in [5, 5.41) is 11.6. The zero-order valence-corrected chi connectivity index (χ0v) is 13.1. The summed E-state index contributed by atoms with van der Waals surface area (Å²) in [4.78, 5) is 34.7. The summed E-state index contributed by atoms with van der Waals surface area (Å²) in [5.41, 5.74) is 0.299. The average molecular weight is 328 g/mol. The molecule has 0 aliphatic rings. The van der Waals surface area contributed by atoms with Gasteiger partial charge >= 0.3 is 5.97 Å². The van der Waals surface area contributed by atoms with Crippen LogP contribution in [0.4, 0.5) is 0 Å². The molecule has 1 aromatic carbocycles. The molecule has 0 bridgehead atoms. The van der Waals surface area contributed by atoms with Crippen molar-refractivity contribution in [1.29, 1.82) is 0 Å². The van der Waals surface area contributed by atoms with Crippen LogP contribution < -0.4 is 10.1 Å². The van der Waals surface area contributed by atoms with Crippen molar-refractivity contribution >= 4 is 29.3 Å². The van der Waals surface area contributed by atoms with Gasteiger partial charge in [0.15, 0.2) is 5.78 Å². The van der Waals surface area contributed by atoms with Crippen molar-refractivity contribution in [3.05, 3.63) is 28.8 Å². The van der Waals surface area contributed by atoms with E-state index in [1.807, 2.05) is 0 Å². The number of benzene rings is 1. The van der Waals surface area contributed by atoms with Gasteiger partial charge in [-0.2, -0.15) is 0 Å². The number of aliphatic carboxylic acids is 1. The number of nitrogens with one attached hydrogen (secondary N) is 1. The number of ether oxygens (including phenoxy) is 1. The summed E-state index contributed by atoms with van der Waals surface area (Å²) in [5.74, 6) is -1.49. The van der Waals surface area contributed by atoms with Crippen LogP contribution in [0, 0.1) is 0 Å². The number of methoxy groups -OCH3 is 1. The van der Waals surface area contributed by atoms with Crippen molar-refractivity contribution in [3.63, 3.8) is 0 Å². The van der Waals surface area contributed by atoms with Crippen molar-refractivity contribution < 1.29 is 24.2 Å². The highest BCUT2D eigenvalue weighted by atomic mass is 35.5. The Labute approximate surface area is 133 Å². The summed E-state index contributed by atoms with van der Waals surface area (Å²) < 4.78 is 5.08. The molecule has 0 aliphatic carbocycles. The molecule has 0 fully saturated rings. The lowest BCUT2D eigenvalue weighted by Gasteiger charge is -2.12. The lowest BCUT2D eigenvalue weighted by Crippen LogP contribution is -2.40. The van der Waals surface area contributed by atoms with Crippen LogP contribution in [-0.4, -0.2) is 35.9 Å². The van der Waals surface area contributed by atoms with E-state index < -0.39 is 17.9 Å². The minimum Gasteiger partial charge on any atom is -0.496 e. The van der Waals surface area contributed by atoms with Gasteiger partial charge in [0, 0.05) is 17.9 Å². The average Bonchev–Trinajstić information content (AvgIpc) is 2.49. The van der Waals surface area contributed by atoms with E-state index >= 15 is 0 Å². The summed E-state index contributed by atoms with van der Waals surface area (Å²) in [6.07, 6.45) is 0.119. The number of carboxylic acid groups (broad SMARTS) is 1. The largest absolute Gasteiger partial charge is 0.496 e. The Morgan fingerprint density at radius 1 is 1.32 bits per heavy atom. The maximum absolute atomic E-state index is 12.1. The second-order valence-corrected chi connectivity index (χ2v) is 5.07. The van der Waals surface area contributed by atoms with Crippen molar-refractivity contribution in [2.24, 2.45) is 0 Å². The molecule has 0 heterocycles. The smallest absolute Gasteiger partial charge is 0.326 e. The third-order valence-electron chi connectivity index (χ3n) is 3.08. The molecule has 2 N–H and O–H groups in total. The Balaban J connectivity index is 2.65. The molecule has 22 heavy (non-hydrogen) atoms. The van der Waals surface area contributed by atoms with Crippen molar-refractivity contribution in [2.75, 3.05) is 7.11 Å².